The molecule has 0 bridgehead atoms. The Labute approximate surface area is 185 Å². The van der Waals surface area contributed by atoms with Crippen LogP contribution in [0.5, 0.6) is 5.75 Å². The molecule has 0 fully saturated rings. The van der Waals surface area contributed by atoms with E-state index in [0.29, 0.717) is 30.2 Å². The number of anilines is 1. The number of Topliss-reactive ketones (excluding diaryl/α,β-unsaturated/α-hetero) is 1. The van der Waals surface area contributed by atoms with E-state index in [9.17, 15) is 9.59 Å². The first-order valence-corrected chi connectivity index (χ1v) is 10.4. The summed E-state index contributed by atoms with van der Waals surface area (Å²) in [6, 6.07) is 27.1. The molecule has 1 aromatic heterocycles. The molecule has 3 aromatic carbocycles. The summed E-state index contributed by atoms with van der Waals surface area (Å²) in [6.45, 7) is 0.699. The van der Waals surface area contributed by atoms with Crippen LogP contribution < -0.4 is 9.64 Å². The zero-order chi connectivity index (χ0) is 21.9. The minimum Gasteiger partial charge on any atom is -0.489 e. The second kappa shape index (κ2) is 8.47. The first-order chi connectivity index (χ1) is 15.7. The van der Waals surface area contributed by atoms with Crippen LogP contribution in [0, 0.1) is 0 Å². The van der Waals surface area contributed by atoms with E-state index in [1.165, 1.54) is 4.90 Å². The average molecular weight is 420 g/mol. The number of hydrogen-bond acceptors (Lipinski definition) is 4. The number of pyridine rings is 1. The van der Waals surface area contributed by atoms with E-state index in [0.717, 1.165) is 22.3 Å². The fraction of sp³-hybridized carbons (Fsp3) is 0.0741. The SMILES string of the molecule is O=C1C(=O)N(Cc2ccc(-c3ccccc3)cc2)c2ccc(OCc3ccncc3)cc21. The normalized spacial score (nSPS) is 12.7. The lowest BCUT2D eigenvalue weighted by atomic mass is 10.0. The molecule has 0 aliphatic carbocycles. The van der Waals surface area contributed by atoms with Crippen molar-refractivity contribution in [1.29, 1.82) is 0 Å². The molecule has 0 unspecified atom stereocenters. The summed E-state index contributed by atoms with van der Waals surface area (Å²) in [5, 5.41) is 0. The Balaban J connectivity index is 1.33. The van der Waals surface area contributed by atoms with Crippen LogP contribution in [-0.4, -0.2) is 16.7 Å². The number of carbonyl (C=O) groups is 2. The lowest BCUT2D eigenvalue weighted by molar-refractivity contribution is -0.114. The van der Waals surface area contributed by atoms with Gasteiger partial charge >= 0.3 is 0 Å². The molecule has 5 heteroatoms. The molecule has 0 N–H and O–H groups in total. The van der Waals surface area contributed by atoms with Crippen molar-refractivity contribution in [1.82, 2.24) is 4.98 Å². The number of carbonyl (C=O) groups excluding carboxylic acids is 2. The Kier molecular flexibility index (Phi) is 5.22. The predicted octanol–water partition coefficient (Wildman–Crippen LogP) is 5.06. The smallest absolute Gasteiger partial charge is 0.299 e. The molecule has 0 saturated carbocycles. The van der Waals surface area contributed by atoms with Gasteiger partial charge in [-0.15, -0.1) is 0 Å². The number of amides is 1. The van der Waals surface area contributed by atoms with Crippen molar-refractivity contribution in [3.05, 3.63) is 114 Å². The van der Waals surface area contributed by atoms with Crippen LogP contribution in [0.3, 0.4) is 0 Å². The van der Waals surface area contributed by atoms with Crippen molar-refractivity contribution < 1.29 is 14.3 Å². The molecule has 1 amide bonds. The fourth-order valence-corrected chi connectivity index (χ4v) is 3.79. The summed E-state index contributed by atoms with van der Waals surface area (Å²) in [4.78, 5) is 30.8. The average Bonchev–Trinajstić information content (AvgIpc) is 3.09. The molecule has 1 aliphatic heterocycles. The van der Waals surface area contributed by atoms with Gasteiger partial charge in [-0.05, 0) is 52.6 Å². The first-order valence-electron chi connectivity index (χ1n) is 10.4. The summed E-state index contributed by atoms with van der Waals surface area (Å²) in [5.41, 5.74) is 5.16. The highest BCUT2D eigenvalue weighted by Crippen LogP contribution is 2.33. The summed E-state index contributed by atoms with van der Waals surface area (Å²) in [6.07, 6.45) is 3.40. The van der Waals surface area contributed by atoms with E-state index in [2.05, 4.69) is 17.1 Å². The van der Waals surface area contributed by atoms with Crippen LogP contribution in [0.1, 0.15) is 21.5 Å². The van der Waals surface area contributed by atoms with Crippen molar-refractivity contribution >= 4 is 17.4 Å². The van der Waals surface area contributed by atoms with Crippen molar-refractivity contribution in [3.63, 3.8) is 0 Å². The Morgan fingerprint density at radius 2 is 1.47 bits per heavy atom. The molecule has 0 spiro atoms. The number of ether oxygens (including phenoxy) is 1. The molecular weight excluding hydrogens is 400 g/mol. The van der Waals surface area contributed by atoms with Crippen LogP contribution >= 0.6 is 0 Å². The van der Waals surface area contributed by atoms with Gasteiger partial charge in [0.05, 0.1) is 17.8 Å². The van der Waals surface area contributed by atoms with Gasteiger partial charge < -0.3 is 9.64 Å². The quantitative estimate of drug-likeness (QED) is 0.409. The largest absolute Gasteiger partial charge is 0.489 e. The predicted molar refractivity (Wildman–Crippen MR) is 122 cm³/mol. The number of fused-ring (bicyclic) bond motifs is 1. The molecule has 156 valence electrons. The Morgan fingerprint density at radius 1 is 0.750 bits per heavy atom. The van der Waals surface area contributed by atoms with Crippen LogP contribution in [0.25, 0.3) is 11.1 Å². The molecule has 2 heterocycles. The highest BCUT2D eigenvalue weighted by atomic mass is 16.5. The third-order valence-electron chi connectivity index (χ3n) is 5.50. The monoisotopic (exact) mass is 420 g/mol. The molecular formula is C27H20N2O3. The van der Waals surface area contributed by atoms with E-state index >= 15 is 0 Å². The maximum Gasteiger partial charge on any atom is 0.299 e. The molecule has 5 nitrogen and oxygen atoms in total. The lowest BCUT2D eigenvalue weighted by Gasteiger charge is -2.17. The standard InChI is InChI=1S/C27H20N2O3/c30-26-24-16-23(32-18-20-12-14-28-15-13-20)10-11-25(24)29(27(26)31)17-19-6-8-22(9-7-19)21-4-2-1-3-5-21/h1-16H,17-18H2. The summed E-state index contributed by atoms with van der Waals surface area (Å²) >= 11 is 0. The van der Waals surface area contributed by atoms with Gasteiger partial charge in [0, 0.05) is 12.4 Å². The van der Waals surface area contributed by atoms with Gasteiger partial charge in [0.25, 0.3) is 11.7 Å². The van der Waals surface area contributed by atoms with Gasteiger partial charge in [0.1, 0.15) is 12.4 Å². The number of nitrogens with zero attached hydrogens (tertiary/aromatic N) is 2. The molecule has 0 saturated heterocycles. The second-order valence-electron chi connectivity index (χ2n) is 7.61. The molecule has 1 aliphatic rings. The topological polar surface area (TPSA) is 59.5 Å². The van der Waals surface area contributed by atoms with E-state index in [1.807, 2.05) is 54.6 Å². The van der Waals surface area contributed by atoms with Crippen molar-refractivity contribution in [2.24, 2.45) is 0 Å². The summed E-state index contributed by atoms with van der Waals surface area (Å²) in [5.74, 6) is -0.468. The van der Waals surface area contributed by atoms with Gasteiger partial charge in [0.2, 0.25) is 0 Å². The van der Waals surface area contributed by atoms with Crippen molar-refractivity contribution in [2.45, 2.75) is 13.2 Å². The molecule has 5 rings (SSSR count). The summed E-state index contributed by atoms with van der Waals surface area (Å²) < 4.78 is 5.80. The highest BCUT2D eigenvalue weighted by molar-refractivity contribution is 6.52. The molecule has 0 radical (unpaired) electrons. The Hall–Kier alpha value is -4.25. The van der Waals surface area contributed by atoms with E-state index in [1.54, 1.807) is 30.6 Å². The maximum atomic E-state index is 12.7. The fourth-order valence-electron chi connectivity index (χ4n) is 3.79. The van der Waals surface area contributed by atoms with E-state index in [4.69, 9.17) is 4.74 Å². The summed E-state index contributed by atoms with van der Waals surface area (Å²) in [7, 11) is 0. The zero-order valence-corrected chi connectivity index (χ0v) is 17.3. The maximum absolute atomic E-state index is 12.7. The van der Waals surface area contributed by atoms with Gasteiger partial charge in [-0.25, -0.2) is 0 Å². The third kappa shape index (κ3) is 3.88. The van der Waals surface area contributed by atoms with Crippen molar-refractivity contribution in [3.8, 4) is 16.9 Å². The van der Waals surface area contributed by atoms with E-state index < -0.39 is 11.7 Å². The lowest BCUT2D eigenvalue weighted by Crippen LogP contribution is -2.29. The second-order valence-corrected chi connectivity index (χ2v) is 7.61. The van der Waals surface area contributed by atoms with Gasteiger partial charge in [-0.3, -0.25) is 14.6 Å². The number of rotatable bonds is 6. The van der Waals surface area contributed by atoms with Gasteiger partial charge in [-0.1, -0.05) is 54.6 Å². The number of benzene rings is 3. The van der Waals surface area contributed by atoms with Crippen LogP contribution in [0.4, 0.5) is 5.69 Å². The van der Waals surface area contributed by atoms with Gasteiger partial charge in [-0.2, -0.15) is 0 Å². The first kappa shape index (κ1) is 19.7. The zero-order valence-electron chi connectivity index (χ0n) is 17.3. The van der Waals surface area contributed by atoms with E-state index in [-0.39, 0.29) is 0 Å². The third-order valence-corrected chi connectivity index (χ3v) is 5.50. The Morgan fingerprint density at radius 3 is 2.22 bits per heavy atom. The van der Waals surface area contributed by atoms with Crippen LogP contribution in [0.2, 0.25) is 0 Å². The Bertz CT molecular complexity index is 1270. The molecule has 4 aromatic rings. The van der Waals surface area contributed by atoms with Crippen LogP contribution in [-0.2, 0) is 17.9 Å². The number of hydrogen-bond donors (Lipinski definition) is 0. The minimum atomic E-state index is -0.515. The number of ketones is 1. The molecule has 32 heavy (non-hydrogen) atoms. The highest BCUT2D eigenvalue weighted by Gasteiger charge is 2.36. The molecule has 0 atom stereocenters. The van der Waals surface area contributed by atoms with Crippen molar-refractivity contribution in [2.75, 3.05) is 4.90 Å². The van der Waals surface area contributed by atoms with Crippen LogP contribution in [0.15, 0.2) is 97.3 Å². The van der Waals surface area contributed by atoms with Gasteiger partial charge in [0.15, 0.2) is 0 Å². The minimum absolute atomic E-state index is 0.337. The number of aromatic nitrogens is 1.